The molecule has 0 heterocycles. The van der Waals surface area contributed by atoms with Gasteiger partial charge in [-0.15, -0.1) is 11.7 Å². The van der Waals surface area contributed by atoms with Crippen molar-refractivity contribution >= 4 is 22.5 Å². The fourth-order valence-corrected chi connectivity index (χ4v) is 0.335. The second kappa shape index (κ2) is 2.61. The van der Waals surface area contributed by atoms with Crippen LogP contribution in [0, 0.1) is 0 Å². The molecule has 0 aromatic rings. The van der Waals surface area contributed by atoms with Crippen molar-refractivity contribution in [1.29, 1.82) is 0 Å². The van der Waals surface area contributed by atoms with Crippen molar-refractivity contribution in [2.24, 2.45) is 11.5 Å². The summed E-state index contributed by atoms with van der Waals surface area (Å²) >= 11 is 3.78. The van der Waals surface area contributed by atoms with Gasteiger partial charge in [-0.25, -0.2) is 0 Å². The van der Waals surface area contributed by atoms with Crippen LogP contribution in [0.5, 0.6) is 0 Å². The van der Waals surface area contributed by atoms with Crippen LogP contribution in [0.4, 0.5) is 0 Å². The van der Waals surface area contributed by atoms with E-state index in [1.807, 2.05) is 0 Å². The first-order chi connectivity index (χ1) is 3.12. The third kappa shape index (κ3) is 2.99. The van der Waals surface area contributed by atoms with Crippen LogP contribution in [0.15, 0.2) is 12.7 Å². The van der Waals surface area contributed by atoms with Crippen molar-refractivity contribution in [3.05, 3.63) is 12.7 Å². The predicted molar refractivity (Wildman–Crippen MR) is 37.9 cm³/mol. The Morgan fingerprint density at radius 1 is 1.71 bits per heavy atom. The zero-order chi connectivity index (χ0) is 5.91. The van der Waals surface area contributed by atoms with Crippen LogP contribution in [0.1, 0.15) is 0 Å². The van der Waals surface area contributed by atoms with E-state index >= 15 is 0 Å². The van der Waals surface area contributed by atoms with Crippen molar-refractivity contribution in [1.82, 2.24) is 0 Å². The van der Waals surface area contributed by atoms with Gasteiger partial charge in [-0.3, -0.25) is 0 Å². The average molecular weight is 136 g/mol. The summed E-state index contributed by atoms with van der Waals surface area (Å²) in [6.45, 7) is 3.38. The molecule has 0 saturated carbocycles. The maximum absolute atomic E-state index is 5.26. The summed E-state index contributed by atoms with van der Waals surface area (Å²) in [7, 11) is 1.06. The summed E-state index contributed by atoms with van der Waals surface area (Å²) in [6, 6.07) is 0. The lowest BCUT2D eigenvalue weighted by atomic mass is 10.5. The number of thiol groups is 1. The minimum atomic E-state index is -0.872. The Balaban J connectivity index is 3.58. The van der Waals surface area contributed by atoms with Gasteiger partial charge in [-0.05, 0) is 6.08 Å². The molecule has 0 aliphatic rings. The minimum Gasteiger partial charge on any atom is -0.301 e. The maximum atomic E-state index is 5.26. The summed E-state index contributed by atoms with van der Waals surface area (Å²) in [4.78, 5) is -0.872. The zero-order valence-corrected chi connectivity index (χ0v) is 5.51. The lowest BCUT2D eigenvalue weighted by molar-refractivity contribution is 0.809. The summed E-state index contributed by atoms with van der Waals surface area (Å²) in [5.41, 5.74) is 10.5. The minimum absolute atomic E-state index is 0.872. The van der Waals surface area contributed by atoms with E-state index in [1.54, 1.807) is 0 Å². The van der Waals surface area contributed by atoms with E-state index in [-0.39, 0.29) is 0 Å². The van der Waals surface area contributed by atoms with Crippen molar-refractivity contribution < 1.29 is 0 Å². The van der Waals surface area contributed by atoms with Crippen LogP contribution in [0.2, 0.25) is 0 Å². The molecular formula is C3H8N2S2. The number of hydrogen-bond acceptors (Lipinski definition) is 4. The summed E-state index contributed by atoms with van der Waals surface area (Å²) in [5, 5.41) is 0. The van der Waals surface area contributed by atoms with Gasteiger partial charge in [0.2, 0.25) is 0 Å². The van der Waals surface area contributed by atoms with Crippen molar-refractivity contribution in [2.45, 2.75) is 4.99 Å². The Kier molecular flexibility index (Phi) is 2.75. The summed E-state index contributed by atoms with van der Waals surface area (Å²) < 4.78 is 0. The second-order valence-electron chi connectivity index (χ2n) is 1.15. The molecule has 4 heteroatoms. The quantitative estimate of drug-likeness (QED) is 0.222. The van der Waals surface area contributed by atoms with Crippen LogP contribution < -0.4 is 11.5 Å². The molecule has 0 fully saturated rings. The van der Waals surface area contributed by atoms with Crippen LogP contribution in [-0.4, -0.2) is 4.99 Å². The highest BCUT2D eigenvalue weighted by Crippen LogP contribution is 2.17. The Morgan fingerprint density at radius 3 is 2.14 bits per heavy atom. The molecule has 0 aliphatic carbocycles. The first kappa shape index (κ1) is 7.36. The molecular weight excluding hydrogens is 128 g/mol. The van der Waals surface area contributed by atoms with Crippen LogP contribution >= 0.6 is 22.5 Å². The fourth-order valence-electron chi connectivity index (χ4n) is 0.0373. The average Bonchev–Trinajstić information content (AvgIpc) is 1.68. The summed E-state index contributed by atoms with van der Waals surface area (Å²) in [5.74, 6) is 0. The molecule has 0 amide bonds. The Morgan fingerprint density at radius 2 is 2.14 bits per heavy atom. The third-order valence-corrected chi connectivity index (χ3v) is 1.91. The van der Waals surface area contributed by atoms with Gasteiger partial charge in [-0.1, -0.05) is 17.4 Å². The second-order valence-corrected chi connectivity index (χ2v) is 2.59. The van der Waals surface area contributed by atoms with Gasteiger partial charge in [0.25, 0.3) is 0 Å². The van der Waals surface area contributed by atoms with E-state index in [0.29, 0.717) is 0 Å². The molecule has 0 radical (unpaired) electrons. The SMILES string of the molecule is C=CC(N)(N)SS. The molecule has 2 nitrogen and oxygen atoms in total. The van der Waals surface area contributed by atoms with Gasteiger partial charge in [0.05, 0.1) is 0 Å². The van der Waals surface area contributed by atoms with E-state index in [9.17, 15) is 0 Å². The molecule has 0 aromatic heterocycles. The molecule has 0 bridgehead atoms. The highest BCUT2D eigenvalue weighted by Gasteiger charge is 2.09. The standard InChI is InChI=1S/C3H8N2S2/c1-2-3(4,5)7-6/h2,6H,1,4-5H2. The van der Waals surface area contributed by atoms with Gasteiger partial charge in [0.1, 0.15) is 4.99 Å². The van der Waals surface area contributed by atoms with E-state index in [1.165, 1.54) is 6.08 Å². The van der Waals surface area contributed by atoms with Gasteiger partial charge in [0.15, 0.2) is 0 Å². The highest BCUT2D eigenvalue weighted by molar-refractivity contribution is 8.69. The van der Waals surface area contributed by atoms with Crippen LogP contribution in [0.25, 0.3) is 0 Å². The normalized spacial score (nSPS) is 11.3. The van der Waals surface area contributed by atoms with Gasteiger partial charge in [-0.2, -0.15) is 0 Å². The van der Waals surface area contributed by atoms with Crippen molar-refractivity contribution in [3.63, 3.8) is 0 Å². The van der Waals surface area contributed by atoms with Crippen LogP contribution in [0.3, 0.4) is 0 Å². The zero-order valence-electron chi connectivity index (χ0n) is 3.79. The highest BCUT2D eigenvalue weighted by atomic mass is 33.1. The van der Waals surface area contributed by atoms with Gasteiger partial charge >= 0.3 is 0 Å². The third-order valence-electron chi connectivity index (χ3n) is 0.477. The molecule has 0 spiro atoms. The van der Waals surface area contributed by atoms with Crippen molar-refractivity contribution in [2.75, 3.05) is 0 Å². The largest absolute Gasteiger partial charge is 0.301 e. The monoisotopic (exact) mass is 136 g/mol. The van der Waals surface area contributed by atoms with Crippen LogP contribution in [-0.2, 0) is 0 Å². The van der Waals surface area contributed by atoms with Gasteiger partial charge < -0.3 is 11.5 Å². The molecule has 0 aromatic carbocycles. The smallest absolute Gasteiger partial charge is 0.141 e. The molecule has 0 aliphatic heterocycles. The molecule has 0 unspecified atom stereocenters. The van der Waals surface area contributed by atoms with Crippen molar-refractivity contribution in [3.8, 4) is 0 Å². The van der Waals surface area contributed by atoms with E-state index in [2.05, 4.69) is 18.2 Å². The molecule has 0 atom stereocenters. The fraction of sp³-hybridized carbons (Fsp3) is 0.333. The molecule has 42 valence electrons. The van der Waals surface area contributed by atoms with E-state index in [0.717, 1.165) is 10.8 Å². The lowest BCUT2D eigenvalue weighted by Crippen LogP contribution is -2.42. The molecule has 4 N–H and O–H groups in total. The van der Waals surface area contributed by atoms with Gasteiger partial charge in [0, 0.05) is 0 Å². The Bertz CT molecular complexity index is 71.3. The number of rotatable bonds is 2. The molecule has 0 saturated heterocycles. The Hall–Kier alpha value is 0.360. The number of nitrogens with two attached hydrogens (primary N) is 2. The summed E-state index contributed by atoms with van der Waals surface area (Å²) in [6.07, 6.45) is 1.44. The lowest BCUT2D eigenvalue weighted by Gasteiger charge is -2.13. The number of hydrogen-bond donors (Lipinski definition) is 3. The topological polar surface area (TPSA) is 52.0 Å². The Labute approximate surface area is 52.1 Å². The maximum Gasteiger partial charge on any atom is 0.141 e. The first-order valence-corrected chi connectivity index (χ1v) is 3.53. The van der Waals surface area contributed by atoms with E-state index in [4.69, 9.17) is 11.5 Å². The predicted octanol–water partition coefficient (Wildman–Crippen LogP) is 0.322. The van der Waals surface area contributed by atoms with E-state index < -0.39 is 4.99 Å². The molecule has 7 heavy (non-hydrogen) atoms. The first-order valence-electron chi connectivity index (χ1n) is 1.66. The molecule has 0 rings (SSSR count).